The number of hydrogen-bond acceptors (Lipinski definition) is 0. The zero-order valence-corrected chi connectivity index (χ0v) is 9.57. The van der Waals surface area contributed by atoms with Crippen molar-refractivity contribution >= 4 is 0 Å². The second kappa shape index (κ2) is 17.4. The Morgan fingerprint density at radius 2 is 1.00 bits per heavy atom. The molecule has 0 saturated carbocycles. The van der Waals surface area contributed by atoms with Gasteiger partial charge in [-0.05, 0) is 0 Å². The first-order chi connectivity index (χ1) is 0. The van der Waals surface area contributed by atoms with Crippen molar-refractivity contribution in [3.05, 3.63) is 0 Å². The predicted octanol–water partition coefficient (Wildman–Crippen LogP) is -0.0100. The van der Waals surface area contributed by atoms with Gasteiger partial charge in [0.1, 0.15) is 0 Å². The van der Waals surface area contributed by atoms with Crippen LogP contribution in [0, 0.1) is 0 Å². The summed E-state index contributed by atoms with van der Waals surface area (Å²) >= 11 is 0. The molecule has 0 heterocycles. The average Bonchev–Trinajstić information content (AvgIpc) is 0. The summed E-state index contributed by atoms with van der Waals surface area (Å²) in [6, 6.07) is 0. The van der Waals surface area contributed by atoms with E-state index in [0.29, 0.717) is 0 Å². The van der Waals surface area contributed by atoms with E-state index < -0.39 is 0 Å². The van der Waals surface area contributed by atoms with Gasteiger partial charge in [0.15, 0.2) is 0 Å². The molecule has 2 radical (unpaired) electrons. The molecule has 0 amide bonds. The van der Waals surface area contributed by atoms with Crippen LogP contribution in [0.4, 0.5) is 0 Å². The van der Waals surface area contributed by atoms with Gasteiger partial charge in [0.2, 0.25) is 0 Å². The molecular formula is CoFeHfNb. The molecule has 0 atom stereocenters. The van der Waals surface area contributed by atoms with E-state index >= 15 is 0 Å². The molecule has 4 heteroatoms. The standard InChI is InChI=1S/Co.Fe.Hf.Nb. The summed E-state index contributed by atoms with van der Waals surface area (Å²) in [5, 5.41) is 0. The summed E-state index contributed by atoms with van der Waals surface area (Å²) in [5.74, 6) is 0. The van der Waals surface area contributed by atoms with Crippen molar-refractivity contribution in [2.24, 2.45) is 0 Å². The van der Waals surface area contributed by atoms with Crippen LogP contribution in [0.15, 0.2) is 0 Å². The Kier molecular flexibility index (Phi) is 132. The molecule has 0 aliphatic heterocycles. The summed E-state index contributed by atoms with van der Waals surface area (Å²) < 4.78 is 0. The van der Waals surface area contributed by atoms with Crippen LogP contribution in [0.1, 0.15) is 0 Å². The minimum absolute atomic E-state index is 0. The zero-order valence-electron chi connectivity index (χ0n) is 1.63. The molecular weight excluding hydrogens is 386 g/mol. The second-order valence-electron chi connectivity index (χ2n) is 0. The molecule has 0 aliphatic rings. The van der Waals surface area contributed by atoms with Crippen molar-refractivity contribution in [2.75, 3.05) is 0 Å². The van der Waals surface area contributed by atoms with Crippen molar-refractivity contribution in [2.45, 2.75) is 0 Å². The van der Waals surface area contributed by atoms with E-state index in [0.717, 1.165) is 0 Å². The third kappa shape index (κ3) is 8.82. The van der Waals surface area contributed by atoms with Gasteiger partial charge in [-0.1, -0.05) is 0 Å². The third-order valence-corrected chi connectivity index (χ3v) is 0. The topological polar surface area (TPSA) is 0 Å². The molecule has 0 rings (SSSR count). The summed E-state index contributed by atoms with van der Waals surface area (Å²) in [5.41, 5.74) is 0. The monoisotopic (exact) mass is 388 g/mol. The van der Waals surface area contributed by atoms with Crippen molar-refractivity contribution in [1.29, 1.82) is 0 Å². The first-order valence-electron chi connectivity index (χ1n) is 0. The smallest absolute Gasteiger partial charge is 0 e. The van der Waals surface area contributed by atoms with Crippen LogP contribution in [0.2, 0.25) is 0 Å². The number of rotatable bonds is 0. The first-order valence-corrected chi connectivity index (χ1v) is 0. The summed E-state index contributed by atoms with van der Waals surface area (Å²) in [7, 11) is 0. The maximum absolute atomic E-state index is 0. The molecule has 0 aliphatic carbocycles. The van der Waals surface area contributed by atoms with Gasteiger partial charge >= 0.3 is 0 Å². The van der Waals surface area contributed by atoms with Gasteiger partial charge in [0.05, 0.1) is 0 Å². The van der Waals surface area contributed by atoms with E-state index in [1.54, 1.807) is 0 Å². The van der Waals surface area contributed by atoms with Crippen LogP contribution in [-0.4, -0.2) is 0 Å². The SMILES string of the molecule is [Co].[Fe].[Hf].[Nb]. The predicted molar refractivity (Wildman–Crippen MR) is 0 cm³/mol. The summed E-state index contributed by atoms with van der Waals surface area (Å²) in [6.45, 7) is 0. The van der Waals surface area contributed by atoms with Gasteiger partial charge in [0.25, 0.3) is 0 Å². The Morgan fingerprint density at radius 3 is 1.00 bits per heavy atom. The van der Waals surface area contributed by atoms with Gasteiger partial charge in [-0.3, -0.25) is 0 Å². The van der Waals surface area contributed by atoms with Gasteiger partial charge in [-0.15, -0.1) is 0 Å². The molecule has 0 aromatic heterocycles. The van der Waals surface area contributed by atoms with Crippen LogP contribution < -0.4 is 0 Å². The third-order valence-electron chi connectivity index (χ3n) is 0. The minimum atomic E-state index is 0. The Bertz CT molecular complexity index is 8.00. The largest absolute Gasteiger partial charge is 0 e. The van der Waals surface area contributed by atoms with Crippen LogP contribution in [0.3, 0.4) is 0 Å². The van der Waals surface area contributed by atoms with Crippen LogP contribution in [-0.2, 0) is 82.1 Å². The van der Waals surface area contributed by atoms with Gasteiger partial charge in [0, 0.05) is 82.1 Å². The van der Waals surface area contributed by atoms with Crippen LogP contribution >= 0.6 is 0 Å². The van der Waals surface area contributed by atoms with Crippen molar-refractivity contribution in [3.8, 4) is 0 Å². The van der Waals surface area contributed by atoms with Crippen molar-refractivity contribution in [3.63, 3.8) is 0 Å². The summed E-state index contributed by atoms with van der Waals surface area (Å²) in [4.78, 5) is 0. The average molecular weight is 386 g/mol. The molecule has 0 saturated heterocycles. The van der Waals surface area contributed by atoms with Gasteiger partial charge in [-0.2, -0.15) is 0 Å². The molecule has 0 aromatic carbocycles. The van der Waals surface area contributed by atoms with Crippen LogP contribution in [0.25, 0.3) is 0 Å². The fraction of sp³-hybridized carbons (Fsp3) is 0. The molecule has 0 N–H and O–H groups in total. The van der Waals surface area contributed by atoms with Crippen LogP contribution in [0.5, 0.6) is 0 Å². The fourth-order valence-electron chi connectivity index (χ4n) is 0. The van der Waals surface area contributed by atoms with Crippen molar-refractivity contribution < 1.29 is 82.1 Å². The van der Waals surface area contributed by atoms with E-state index in [2.05, 4.69) is 0 Å². The molecule has 4 heavy (non-hydrogen) atoms. The Balaban J connectivity index is 0. The molecule has 26 valence electrons. The molecule has 0 spiro atoms. The van der Waals surface area contributed by atoms with E-state index in [9.17, 15) is 0 Å². The van der Waals surface area contributed by atoms with Crippen molar-refractivity contribution in [1.82, 2.24) is 0 Å². The number of hydrogen-bond donors (Lipinski definition) is 0. The Hall–Kier alpha value is 2.64. The zero-order chi connectivity index (χ0) is 0. The normalized spacial score (nSPS) is 0. The quantitative estimate of drug-likeness (QED) is 0.514. The Morgan fingerprint density at radius 1 is 1.00 bits per heavy atom. The van der Waals surface area contributed by atoms with E-state index in [1.165, 1.54) is 0 Å². The summed E-state index contributed by atoms with van der Waals surface area (Å²) in [6.07, 6.45) is 0. The Labute approximate surface area is 80.8 Å². The maximum atomic E-state index is 0. The molecule has 0 nitrogen and oxygen atoms in total. The maximum Gasteiger partial charge on any atom is 0 e. The van der Waals surface area contributed by atoms with Gasteiger partial charge < -0.3 is 0 Å². The molecule has 0 bridgehead atoms. The molecule has 0 aromatic rings. The first kappa shape index (κ1) is 30.3. The fourth-order valence-corrected chi connectivity index (χ4v) is 0. The van der Waals surface area contributed by atoms with E-state index in [-0.39, 0.29) is 82.1 Å². The van der Waals surface area contributed by atoms with E-state index in [1.807, 2.05) is 0 Å². The molecule has 0 unspecified atom stereocenters. The molecule has 0 fully saturated rings. The second-order valence-corrected chi connectivity index (χ2v) is 0. The van der Waals surface area contributed by atoms with E-state index in [4.69, 9.17) is 0 Å². The minimum Gasteiger partial charge on any atom is 0 e. The van der Waals surface area contributed by atoms with Gasteiger partial charge in [-0.25, -0.2) is 0 Å².